The summed E-state index contributed by atoms with van der Waals surface area (Å²) in [5.74, 6) is 0. The van der Waals surface area contributed by atoms with Gasteiger partial charge in [-0.3, -0.25) is 0 Å². The molecule has 1 N–H and O–H groups in total. The van der Waals surface area contributed by atoms with E-state index in [-0.39, 0.29) is 11.5 Å². The van der Waals surface area contributed by atoms with Crippen LogP contribution in [0.15, 0.2) is 11.1 Å². The summed E-state index contributed by atoms with van der Waals surface area (Å²) in [5.41, 5.74) is 2.70. The minimum atomic E-state index is -0.204. The van der Waals surface area contributed by atoms with E-state index in [1.165, 1.54) is 11.1 Å². The fraction of sp³-hybridized carbons (Fsp3) is 0.750. The van der Waals surface area contributed by atoms with Gasteiger partial charge >= 0.3 is 0 Å². The topological polar surface area (TPSA) is 37.3 Å². The molecule has 0 heterocycles. The molecule has 2 nitrogen and oxygen atoms in total. The van der Waals surface area contributed by atoms with Gasteiger partial charge < -0.3 is 9.90 Å². The van der Waals surface area contributed by atoms with Gasteiger partial charge in [-0.1, -0.05) is 25.0 Å². The zero-order valence-electron chi connectivity index (χ0n) is 9.34. The Bertz CT molecular complexity index is 251. The quantitative estimate of drug-likeness (QED) is 0.556. The van der Waals surface area contributed by atoms with Gasteiger partial charge in [0.1, 0.15) is 6.29 Å². The highest BCUT2D eigenvalue weighted by atomic mass is 16.3. The number of allylic oxidation sites excluding steroid dienone is 1. The molecule has 0 aromatic heterocycles. The van der Waals surface area contributed by atoms with E-state index in [1.54, 1.807) is 0 Å². The second kappa shape index (κ2) is 4.26. The number of hydrogen-bond donors (Lipinski definition) is 1. The maximum absolute atomic E-state index is 10.4. The summed E-state index contributed by atoms with van der Waals surface area (Å²) in [7, 11) is 0. The molecule has 0 unspecified atom stereocenters. The first-order valence-electron chi connectivity index (χ1n) is 5.28. The molecule has 0 aromatic rings. The Labute approximate surface area is 86.0 Å². The average molecular weight is 196 g/mol. The van der Waals surface area contributed by atoms with E-state index in [4.69, 9.17) is 0 Å². The van der Waals surface area contributed by atoms with Crippen LogP contribution < -0.4 is 0 Å². The number of aldehydes is 1. The van der Waals surface area contributed by atoms with Crippen LogP contribution in [0.1, 0.15) is 46.5 Å². The lowest BCUT2D eigenvalue weighted by molar-refractivity contribution is -0.107. The van der Waals surface area contributed by atoms with Crippen LogP contribution in [0.4, 0.5) is 0 Å². The summed E-state index contributed by atoms with van der Waals surface area (Å²) in [5, 5.41) is 9.65. The Balaban J connectivity index is 2.84. The molecular formula is C12H20O2. The van der Waals surface area contributed by atoms with Crippen LogP contribution in [0.25, 0.3) is 0 Å². The van der Waals surface area contributed by atoms with Gasteiger partial charge in [0.05, 0.1) is 6.10 Å². The van der Waals surface area contributed by atoms with Crippen LogP contribution in [-0.4, -0.2) is 17.5 Å². The van der Waals surface area contributed by atoms with Crippen LogP contribution in [0.2, 0.25) is 0 Å². The molecule has 0 saturated carbocycles. The van der Waals surface area contributed by atoms with Crippen molar-refractivity contribution in [2.45, 2.75) is 52.6 Å². The van der Waals surface area contributed by atoms with E-state index in [1.807, 2.05) is 0 Å². The number of aliphatic hydroxyl groups is 1. The first-order chi connectivity index (χ1) is 6.47. The zero-order valence-corrected chi connectivity index (χ0v) is 9.34. The molecule has 0 spiro atoms. The average Bonchev–Trinajstić information content (AvgIpc) is 2.00. The standard InChI is InChI=1S/C12H20O2/c1-9-7-10(14)8-12(2,3)11(9)5-4-6-13/h6,10,14H,4-5,7-8H2,1-3H3/t10-/m1/s1. The highest BCUT2D eigenvalue weighted by molar-refractivity contribution is 5.50. The molecule has 0 aliphatic heterocycles. The first kappa shape index (κ1) is 11.4. The molecule has 0 radical (unpaired) electrons. The maximum Gasteiger partial charge on any atom is 0.120 e. The van der Waals surface area contributed by atoms with E-state index in [2.05, 4.69) is 20.8 Å². The highest BCUT2D eigenvalue weighted by Crippen LogP contribution is 2.42. The van der Waals surface area contributed by atoms with Crippen LogP contribution in [0.5, 0.6) is 0 Å². The number of carbonyl (C=O) groups excluding carboxylic acids is 1. The van der Waals surface area contributed by atoms with Crippen molar-refractivity contribution in [2.24, 2.45) is 5.41 Å². The Kier molecular flexibility index (Phi) is 3.48. The summed E-state index contributed by atoms with van der Waals surface area (Å²) in [6.07, 6.45) is 3.82. The normalized spacial score (nSPS) is 26.4. The van der Waals surface area contributed by atoms with Crippen molar-refractivity contribution in [2.75, 3.05) is 0 Å². The molecule has 80 valence electrons. The molecule has 0 aromatic carbocycles. The van der Waals surface area contributed by atoms with Crippen molar-refractivity contribution < 1.29 is 9.90 Å². The SMILES string of the molecule is CC1=C(CCC=O)C(C)(C)C[C@H](O)C1. The molecule has 1 atom stereocenters. The Hall–Kier alpha value is -0.630. The predicted octanol–water partition coefficient (Wildman–Crippen LogP) is 2.46. The Morgan fingerprint density at radius 2 is 2.21 bits per heavy atom. The highest BCUT2D eigenvalue weighted by Gasteiger charge is 2.32. The molecule has 0 bridgehead atoms. The molecule has 1 aliphatic carbocycles. The van der Waals surface area contributed by atoms with Crippen molar-refractivity contribution in [3.63, 3.8) is 0 Å². The monoisotopic (exact) mass is 196 g/mol. The van der Waals surface area contributed by atoms with E-state index in [0.29, 0.717) is 6.42 Å². The van der Waals surface area contributed by atoms with Gasteiger partial charge in [0.15, 0.2) is 0 Å². The lowest BCUT2D eigenvalue weighted by Crippen LogP contribution is -2.29. The Morgan fingerprint density at radius 1 is 1.57 bits per heavy atom. The van der Waals surface area contributed by atoms with E-state index < -0.39 is 0 Å². The summed E-state index contributed by atoms with van der Waals surface area (Å²) in [6.45, 7) is 6.38. The maximum atomic E-state index is 10.4. The van der Waals surface area contributed by atoms with Crippen LogP contribution in [0, 0.1) is 5.41 Å². The van der Waals surface area contributed by atoms with Gasteiger partial charge in [0.2, 0.25) is 0 Å². The Morgan fingerprint density at radius 3 is 2.71 bits per heavy atom. The summed E-state index contributed by atoms with van der Waals surface area (Å²) in [4.78, 5) is 10.4. The minimum absolute atomic E-state index is 0.0603. The fourth-order valence-corrected chi connectivity index (χ4v) is 2.59. The van der Waals surface area contributed by atoms with Gasteiger partial charge in [-0.2, -0.15) is 0 Å². The minimum Gasteiger partial charge on any atom is -0.393 e. The third-order valence-electron chi connectivity index (χ3n) is 3.13. The van der Waals surface area contributed by atoms with Gasteiger partial charge in [-0.05, 0) is 31.6 Å². The van der Waals surface area contributed by atoms with E-state index >= 15 is 0 Å². The van der Waals surface area contributed by atoms with Crippen LogP contribution in [0.3, 0.4) is 0 Å². The van der Waals surface area contributed by atoms with Gasteiger partial charge in [-0.25, -0.2) is 0 Å². The van der Waals surface area contributed by atoms with Crippen molar-refractivity contribution in [3.8, 4) is 0 Å². The molecule has 14 heavy (non-hydrogen) atoms. The lowest BCUT2D eigenvalue weighted by Gasteiger charge is -2.37. The summed E-state index contributed by atoms with van der Waals surface area (Å²) < 4.78 is 0. The fourth-order valence-electron chi connectivity index (χ4n) is 2.59. The largest absolute Gasteiger partial charge is 0.393 e. The lowest BCUT2D eigenvalue weighted by atomic mass is 9.70. The molecule has 1 aliphatic rings. The summed E-state index contributed by atoms with van der Waals surface area (Å²) >= 11 is 0. The molecule has 0 fully saturated rings. The van der Waals surface area contributed by atoms with Crippen LogP contribution >= 0.6 is 0 Å². The van der Waals surface area contributed by atoms with Gasteiger partial charge in [0, 0.05) is 6.42 Å². The third kappa shape index (κ3) is 2.44. The number of carbonyl (C=O) groups is 1. The molecule has 1 rings (SSSR count). The molecule has 0 saturated heterocycles. The smallest absolute Gasteiger partial charge is 0.120 e. The van der Waals surface area contributed by atoms with Crippen molar-refractivity contribution >= 4 is 6.29 Å². The molecular weight excluding hydrogens is 176 g/mol. The zero-order chi connectivity index (χ0) is 10.8. The second-order valence-corrected chi connectivity index (χ2v) is 4.91. The molecule has 2 heteroatoms. The molecule has 0 amide bonds. The van der Waals surface area contributed by atoms with E-state index in [0.717, 1.165) is 25.5 Å². The summed E-state index contributed by atoms with van der Waals surface area (Å²) in [6, 6.07) is 0. The van der Waals surface area contributed by atoms with Gasteiger partial charge in [0.25, 0.3) is 0 Å². The number of aliphatic hydroxyl groups excluding tert-OH is 1. The van der Waals surface area contributed by atoms with Crippen molar-refractivity contribution in [1.82, 2.24) is 0 Å². The number of rotatable bonds is 3. The first-order valence-corrected chi connectivity index (χ1v) is 5.28. The number of hydrogen-bond acceptors (Lipinski definition) is 2. The third-order valence-corrected chi connectivity index (χ3v) is 3.13. The van der Waals surface area contributed by atoms with Crippen molar-refractivity contribution in [3.05, 3.63) is 11.1 Å². The van der Waals surface area contributed by atoms with E-state index in [9.17, 15) is 9.90 Å². The second-order valence-electron chi connectivity index (χ2n) is 4.91. The van der Waals surface area contributed by atoms with Crippen molar-refractivity contribution in [1.29, 1.82) is 0 Å². The van der Waals surface area contributed by atoms with Crippen LogP contribution in [-0.2, 0) is 4.79 Å². The predicted molar refractivity (Wildman–Crippen MR) is 57.0 cm³/mol. The van der Waals surface area contributed by atoms with Gasteiger partial charge in [-0.15, -0.1) is 0 Å².